The van der Waals surface area contributed by atoms with Gasteiger partial charge < -0.3 is 63.8 Å². The fourth-order valence-corrected chi connectivity index (χ4v) is 8.97. The molecule has 1 saturated heterocycles. The van der Waals surface area contributed by atoms with Gasteiger partial charge in [-0.2, -0.15) is 0 Å². The molecule has 0 radical (unpaired) electrons. The largest absolute Gasteiger partial charge is 0.370 e. The predicted molar refractivity (Wildman–Crippen MR) is 298 cm³/mol. The molecule has 0 unspecified atom stereocenters. The Kier molecular flexibility index (Phi) is 27.0. The van der Waals surface area contributed by atoms with E-state index >= 15 is 0 Å². The van der Waals surface area contributed by atoms with Gasteiger partial charge in [0.05, 0.1) is 13.1 Å². The van der Waals surface area contributed by atoms with Gasteiger partial charge >= 0.3 is 0 Å². The van der Waals surface area contributed by atoms with E-state index in [1.165, 1.54) is 23.8 Å². The number of nitrogens with zero attached hydrogens (tertiary/aromatic N) is 3. The van der Waals surface area contributed by atoms with E-state index in [1.54, 1.807) is 27.7 Å². The van der Waals surface area contributed by atoms with Gasteiger partial charge in [0.2, 0.25) is 59.1 Å². The zero-order valence-corrected chi connectivity index (χ0v) is 47.3. The number of hydrogen-bond donors (Lipinski definition) is 10. The number of fused-ring (bicyclic) bond motifs is 1. The number of hydrogen-bond acceptors (Lipinski definition) is 11. The number of guanidine groups is 1. The van der Waals surface area contributed by atoms with Gasteiger partial charge in [-0.05, 0) is 79.5 Å². The first-order valence-electron chi connectivity index (χ1n) is 27.3. The number of likely N-dealkylation sites (tertiary alicyclic amines) is 1. The van der Waals surface area contributed by atoms with Gasteiger partial charge in [-0.3, -0.25) is 52.9 Å². The number of nitrogens with two attached hydrogens (primary N) is 2. The minimum Gasteiger partial charge on any atom is -0.370 e. The first kappa shape index (κ1) is 65.0. The van der Waals surface area contributed by atoms with Crippen LogP contribution in [-0.2, 0) is 54.4 Å². The normalized spacial score (nSPS) is 15.8. The lowest BCUT2D eigenvalue weighted by atomic mass is 9.96. The van der Waals surface area contributed by atoms with Gasteiger partial charge in [0.1, 0.15) is 42.3 Å². The monoisotopic (exact) mass is 1090 g/mol. The number of carbonyl (C=O) groups excluding carboxylic acids is 10. The second-order valence-corrected chi connectivity index (χ2v) is 20.9. The van der Waals surface area contributed by atoms with E-state index in [9.17, 15) is 47.9 Å². The maximum Gasteiger partial charge on any atom is 0.245 e. The third kappa shape index (κ3) is 20.9. The van der Waals surface area contributed by atoms with Crippen molar-refractivity contribution in [2.45, 2.75) is 162 Å². The molecule has 432 valence electrons. The Hall–Kier alpha value is -7.33. The molecule has 1 aliphatic heterocycles. The van der Waals surface area contributed by atoms with Crippen molar-refractivity contribution in [3.8, 4) is 0 Å². The topological polar surface area (TPSA) is 338 Å². The Morgan fingerprint density at radius 1 is 0.705 bits per heavy atom. The highest BCUT2D eigenvalue weighted by Gasteiger charge is 2.40. The summed E-state index contributed by atoms with van der Waals surface area (Å²) in [5, 5.41) is 23.9. The lowest BCUT2D eigenvalue weighted by Gasteiger charge is -2.31. The summed E-state index contributed by atoms with van der Waals surface area (Å²) in [6, 6.07) is 5.44. The van der Waals surface area contributed by atoms with Crippen molar-refractivity contribution in [1.82, 2.24) is 52.3 Å². The zero-order chi connectivity index (χ0) is 58.2. The van der Waals surface area contributed by atoms with E-state index in [0.29, 0.717) is 50.8 Å². The van der Waals surface area contributed by atoms with Crippen LogP contribution in [0.3, 0.4) is 0 Å². The molecule has 0 saturated carbocycles. The molecule has 1 heterocycles. The summed E-state index contributed by atoms with van der Waals surface area (Å²) in [6.45, 7) is 15.7. The van der Waals surface area contributed by atoms with E-state index in [1.807, 2.05) is 70.2 Å². The molecule has 1 fully saturated rings. The van der Waals surface area contributed by atoms with E-state index in [4.69, 9.17) is 11.5 Å². The van der Waals surface area contributed by atoms with Crippen LogP contribution in [0, 0.1) is 17.8 Å². The Balaban J connectivity index is 1.93. The molecule has 0 aliphatic carbocycles. The number of rotatable bonds is 31. The van der Waals surface area contributed by atoms with Gasteiger partial charge in [0.25, 0.3) is 0 Å². The van der Waals surface area contributed by atoms with Crippen molar-refractivity contribution < 1.29 is 47.9 Å². The first-order chi connectivity index (χ1) is 36.9. The molecule has 0 bridgehead atoms. The summed E-state index contributed by atoms with van der Waals surface area (Å²) in [5.41, 5.74) is 11.8. The summed E-state index contributed by atoms with van der Waals surface area (Å²) >= 11 is 0. The van der Waals surface area contributed by atoms with Crippen LogP contribution < -0.4 is 54.0 Å². The Morgan fingerprint density at radius 3 is 1.94 bits per heavy atom. The highest BCUT2D eigenvalue weighted by atomic mass is 16.2. The number of benzene rings is 2. The average Bonchev–Trinajstić information content (AvgIpc) is 3.89. The smallest absolute Gasteiger partial charge is 0.245 e. The maximum atomic E-state index is 14.7. The van der Waals surface area contributed by atoms with Crippen LogP contribution in [0.2, 0.25) is 0 Å². The summed E-state index contributed by atoms with van der Waals surface area (Å²) in [6.07, 6.45) is 2.59. The molecular weight excluding hydrogens is 1000 g/mol. The predicted octanol–water partition coefficient (Wildman–Crippen LogP) is 0.615. The van der Waals surface area contributed by atoms with Crippen LogP contribution in [0.4, 0.5) is 0 Å². The second kappa shape index (κ2) is 32.4. The molecule has 0 aromatic heterocycles. The summed E-state index contributed by atoms with van der Waals surface area (Å²) in [5.74, 6) is -6.97. The quantitative estimate of drug-likeness (QED) is 0.0282. The van der Waals surface area contributed by atoms with Crippen LogP contribution in [0.25, 0.3) is 10.8 Å². The molecular formula is C55H87N13O10. The summed E-state index contributed by atoms with van der Waals surface area (Å²) in [7, 11) is 1.44. The fourth-order valence-electron chi connectivity index (χ4n) is 8.97. The number of aliphatic imine (C=N–C) groups is 1. The molecule has 2 aromatic carbocycles. The van der Waals surface area contributed by atoms with Gasteiger partial charge in [0, 0.05) is 40.0 Å². The van der Waals surface area contributed by atoms with Crippen molar-refractivity contribution in [3.05, 3.63) is 48.0 Å². The zero-order valence-electron chi connectivity index (χ0n) is 47.3. The molecule has 78 heavy (non-hydrogen) atoms. The van der Waals surface area contributed by atoms with Crippen LogP contribution in [0.1, 0.15) is 119 Å². The maximum absolute atomic E-state index is 14.7. The minimum atomic E-state index is -1.29. The minimum absolute atomic E-state index is 0.0295. The molecule has 12 N–H and O–H groups in total. The van der Waals surface area contributed by atoms with Gasteiger partial charge in [-0.25, -0.2) is 0 Å². The number of amides is 10. The van der Waals surface area contributed by atoms with E-state index < -0.39 is 108 Å². The van der Waals surface area contributed by atoms with Gasteiger partial charge in [-0.15, -0.1) is 0 Å². The molecule has 10 amide bonds. The average molecular weight is 1090 g/mol. The molecule has 2 aromatic rings. The highest BCUT2D eigenvalue weighted by molar-refractivity contribution is 5.98. The molecule has 3 rings (SSSR count). The van der Waals surface area contributed by atoms with Crippen molar-refractivity contribution >= 4 is 75.8 Å². The van der Waals surface area contributed by atoms with Crippen LogP contribution in [0.15, 0.2) is 47.5 Å². The van der Waals surface area contributed by atoms with E-state index in [0.717, 1.165) is 10.8 Å². The standard InChI is InChI=1S/C55H87N13O10/c1-11-18-39(48(72)66-47(34(8)12-2)53(77)62-40(21-16-25-59-55(56)57)54(78)68-26-17-22-43(68)51(75)58-13-3)61-50(74)42(29-36-23-24-37-19-14-15-20-38(37)28-36)63-49(73)41(27-32(4)5)64-52(76)46(33(6)7)65-44(70)30-60-45(71)31-67(10)35(9)69/h14-15,19-20,23-24,28,32-34,39-43,46-47H,11-13,16-18,21-22,25-27,29-31H2,1-10H3,(H,58,75)(H,60,71)(H,61,74)(H,62,77)(H,63,73)(H,64,76)(H,65,70)(H,66,72)(H4,56,57,59)/t34-,39-,40-,41+,42-,43-,46-,47-/m0/s1. The number of carbonyl (C=O) groups is 10. The van der Waals surface area contributed by atoms with Gasteiger partial charge in [-0.1, -0.05) is 104 Å². The molecule has 8 atom stereocenters. The van der Waals surface area contributed by atoms with E-state index in [-0.39, 0.29) is 62.5 Å². The number of likely N-dealkylation sites (N-methyl/N-ethyl adjacent to an activating group) is 2. The third-order valence-electron chi connectivity index (χ3n) is 13.6. The molecule has 1 aliphatic rings. The Morgan fingerprint density at radius 2 is 1.32 bits per heavy atom. The van der Waals surface area contributed by atoms with E-state index in [2.05, 4.69) is 47.5 Å². The molecule has 23 heteroatoms. The number of nitrogens with one attached hydrogen (secondary N) is 8. The van der Waals surface area contributed by atoms with Crippen LogP contribution in [0.5, 0.6) is 0 Å². The Bertz CT molecular complexity index is 2430. The van der Waals surface area contributed by atoms with Crippen LogP contribution >= 0.6 is 0 Å². The molecule has 23 nitrogen and oxygen atoms in total. The lowest BCUT2D eigenvalue weighted by molar-refractivity contribution is -0.142. The van der Waals surface area contributed by atoms with Crippen molar-refractivity contribution in [1.29, 1.82) is 0 Å². The highest BCUT2D eigenvalue weighted by Crippen LogP contribution is 2.21. The fraction of sp³-hybridized carbons (Fsp3) is 0.618. The van der Waals surface area contributed by atoms with Gasteiger partial charge in [0.15, 0.2) is 5.96 Å². The summed E-state index contributed by atoms with van der Waals surface area (Å²) < 4.78 is 0. The van der Waals surface area contributed by atoms with Crippen molar-refractivity contribution in [3.63, 3.8) is 0 Å². The second-order valence-electron chi connectivity index (χ2n) is 20.9. The third-order valence-corrected chi connectivity index (χ3v) is 13.6. The van der Waals surface area contributed by atoms with Crippen molar-refractivity contribution in [2.24, 2.45) is 34.2 Å². The Labute approximate surface area is 459 Å². The summed E-state index contributed by atoms with van der Waals surface area (Å²) in [4.78, 5) is 143. The molecule has 0 spiro atoms. The first-order valence-corrected chi connectivity index (χ1v) is 27.3. The SMILES string of the molecule is CCC[C@H](NC(=O)[C@H](Cc1ccc2ccccc2c1)NC(=O)[C@@H](CC(C)C)NC(=O)[C@@H](NC(=O)CNC(=O)CN(C)C(C)=O)C(C)C)C(=O)N[C@H](C(=O)N[C@@H](CCCN=C(N)N)C(=O)N1CCC[C@H]1C(=O)NCC)[C@@H](C)CC. The van der Waals surface area contributed by atoms with Crippen LogP contribution in [-0.4, -0.2) is 157 Å². The van der Waals surface area contributed by atoms with Crippen molar-refractivity contribution in [2.75, 3.05) is 39.8 Å². The lowest BCUT2D eigenvalue weighted by Crippen LogP contribution is -2.61.